The number of benzene rings is 2. The number of anilines is 1. The molecule has 2 heterocycles. The maximum absolute atomic E-state index is 13.0. The monoisotopic (exact) mass is 416 g/mol. The minimum absolute atomic E-state index is 0.0191. The van der Waals surface area contributed by atoms with E-state index in [0.717, 1.165) is 16.5 Å². The largest absolute Gasteiger partial charge is 0.343 e. The molecule has 0 radical (unpaired) electrons. The SMILES string of the molecule is O=C(c1ccc(Cl)cc1)N1CCN(c2nc(Cc3ccc(F)cc3)ns2)CC1. The van der Waals surface area contributed by atoms with Crippen molar-refractivity contribution in [3.63, 3.8) is 0 Å². The van der Waals surface area contributed by atoms with E-state index in [2.05, 4.69) is 14.3 Å². The Hall–Kier alpha value is -2.51. The summed E-state index contributed by atoms with van der Waals surface area (Å²) in [6.07, 6.45) is 0.575. The summed E-state index contributed by atoms with van der Waals surface area (Å²) in [6.45, 7) is 2.69. The van der Waals surface area contributed by atoms with E-state index in [1.54, 1.807) is 36.4 Å². The lowest BCUT2D eigenvalue weighted by Gasteiger charge is -2.34. The van der Waals surface area contributed by atoms with Gasteiger partial charge in [0.15, 0.2) is 0 Å². The predicted octanol–water partition coefficient (Wildman–Crippen LogP) is 3.88. The van der Waals surface area contributed by atoms with Crippen LogP contribution in [0.5, 0.6) is 0 Å². The van der Waals surface area contributed by atoms with Crippen LogP contribution in [0.1, 0.15) is 21.7 Å². The van der Waals surface area contributed by atoms with Crippen LogP contribution in [0.4, 0.5) is 9.52 Å². The van der Waals surface area contributed by atoms with Gasteiger partial charge in [0.2, 0.25) is 5.13 Å². The third-order valence-electron chi connectivity index (χ3n) is 4.66. The minimum atomic E-state index is -0.248. The lowest BCUT2D eigenvalue weighted by molar-refractivity contribution is 0.0747. The average molecular weight is 417 g/mol. The quantitative estimate of drug-likeness (QED) is 0.647. The first-order valence-corrected chi connectivity index (χ1v) is 10.1. The molecule has 0 saturated carbocycles. The number of halogens is 2. The summed E-state index contributed by atoms with van der Waals surface area (Å²) < 4.78 is 17.4. The van der Waals surface area contributed by atoms with Crippen LogP contribution in [-0.4, -0.2) is 46.3 Å². The Morgan fingerprint density at radius 2 is 1.71 bits per heavy atom. The van der Waals surface area contributed by atoms with Gasteiger partial charge >= 0.3 is 0 Å². The maximum atomic E-state index is 13.0. The fraction of sp³-hybridized carbons (Fsp3) is 0.250. The van der Waals surface area contributed by atoms with Crippen molar-refractivity contribution in [1.29, 1.82) is 0 Å². The first-order chi connectivity index (χ1) is 13.6. The van der Waals surface area contributed by atoms with Crippen molar-refractivity contribution in [3.8, 4) is 0 Å². The van der Waals surface area contributed by atoms with Crippen LogP contribution in [0.3, 0.4) is 0 Å². The molecule has 0 spiro atoms. The number of hydrogen-bond donors (Lipinski definition) is 0. The number of hydrogen-bond acceptors (Lipinski definition) is 5. The van der Waals surface area contributed by atoms with Crippen molar-refractivity contribution in [2.24, 2.45) is 0 Å². The van der Waals surface area contributed by atoms with E-state index in [9.17, 15) is 9.18 Å². The number of rotatable bonds is 4. The lowest BCUT2D eigenvalue weighted by atomic mass is 10.1. The number of amides is 1. The van der Waals surface area contributed by atoms with Gasteiger partial charge in [-0.1, -0.05) is 23.7 Å². The molecule has 4 rings (SSSR count). The van der Waals surface area contributed by atoms with E-state index in [1.165, 1.54) is 23.7 Å². The Bertz CT molecular complexity index is 953. The first kappa shape index (κ1) is 18.8. The topological polar surface area (TPSA) is 49.3 Å². The second-order valence-corrected chi connectivity index (χ2v) is 7.75. The second kappa shape index (κ2) is 8.24. The normalized spacial score (nSPS) is 14.4. The van der Waals surface area contributed by atoms with Gasteiger partial charge in [0.05, 0.1) is 0 Å². The molecule has 144 valence electrons. The molecule has 0 atom stereocenters. The molecule has 3 aromatic rings. The molecular weight excluding hydrogens is 399 g/mol. The summed E-state index contributed by atoms with van der Waals surface area (Å²) >= 11 is 7.25. The zero-order chi connectivity index (χ0) is 19.5. The van der Waals surface area contributed by atoms with Gasteiger partial charge in [-0.15, -0.1) is 0 Å². The van der Waals surface area contributed by atoms with Crippen molar-refractivity contribution in [3.05, 3.63) is 76.3 Å². The number of aromatic nitrogens is 2. The average Bonchev–Trinajstić information content (AvgIpc) is 3.18. The molecule has 1 aromatic heterocycles. The molecule has 1 amide bonds. The molecule has 5 nitrogen and oxygen atoms in total. The zero-order valence-corrected chi connectivity index (χ0v) is 16.6. The molecule has 1 fully saturated rings. The van der Waals surface area contributed by atoms with Crippen molar-refractivity contribution in [2.75, 3.05) is 31.1 Å². The number of carbonyl (C=O) groups excluding carboxylic acids is 1. The van der Waals surface area contributed by atoms with Crippen LogP contribution in [0, 0.1) is 5.82 Å². The smallest absolute Gasteiger partial charge is 0.253 e. The van der Waals surface area contributed by atoms with Gasteiger partial charge in [-0.3, -0.25) is 4.79 Å². The third-order valence-corrected chi connectivity index (χ3v) is 5.73. The Balaban J connectivity index is 1.35. The van der Waals surface area contributed by atoms with E-state index < -0.39 is 0 Å². The van der Waals surface area contributed by atoms with E-state index >= 15 is 0 Å². The fourth-order valence-corrected chi connectivity index (χ4v) is 3.97. The Morgan fingerprint density at radius 1 is 1.04 bits per heavy atom. The first-order valence-electron chi connectivity index (χ1n) is 8.95. The van der Waals surface area contributed by atoms with Crippen LogP contribution in [0.25, 0.3) is 0 Å². The van der Waals surface area contributed by atoms with Crippen LogP contribution in [-0.2, 0) is 6.42 Å². The number of piperazine rings is 1. The molecule has 8 heteroatoms. The van der Waals surface area contributed by atoms with E-state index in [1.807, 2.05) is 4.90 Å². The summed E-state index contributed by atoms with van der Waals surface area (Å²) in [7, 11) is 0. The lowest BCUT2D eigenvalue weighted by Crippen LogP contribution is -2.48. The van der Waals surface area contributed by atoms with Crippen LogP contribution in [0.2, 0.25) is 5.02 Å². The van der Waals surface area contributed by atoms with Crippen molar-refractivity contribution >= 4 is 34.2 Å². The number of nitrogens with zero attached hydrogens (tertiary/aromatic N) is 4. The highest BCUT2D eigenvalue weighted by Gasteiger charge is 2.24. The summed E-state index contributed by atoms with van der Waals surface area (Å²) in [4.78, 5) is 21.2. The van der Waals surface area contributed by atoms with Gasteiger partial charge in [-0.2, -0.15) is 4.37 Å². The third kappa shape index (κ3) is 4.31. The predicted molar refractivity (Wildman–Crippen MR) is 109 cm³/mol. The molecule has 0 bridgehead atoms. The highest BCUT2D eigenvalue weighted by molar-refractivity contribution is 7.09. The summed E-state index contributed by atoms with van der Waals surface area (Å²) in [5, 5.41) is 1.48. The zero-order valence-electron chi connectivity index (χ0n) is 15.0. The maximum Gasteiger partial charge on any atom is 0.253 e. The van der Waals surface area contributed by atoms with Crippen molar-refractivity contribution in [2.45, 2.75) is 6.42 Å². The molecule has 28 heavy (non-hydrogen) atoms. The molecule has 0 aliphatic carbocycles. The van der Waals surface area contributed by atoms with Crippen LogP contribution < -0.4 is 4.90 Å². The van der Waals surface area contributed by atoms with Crippen LogP contribution in [0.15, 0.2) is 48.5 Å². The second-order valence-electron chi connectivity index (χ2n) is 6.58. The van der Waals surface area contributed by atoms with Gasteiger partial charge < -0.3 is 9.80 Å². The fourth-order valence-electron chi connectivity index (χ4n) is 3.11. The van der Waals surface area contributed by atoms with Crippen molar-refractivity contribution in [1.82, 2.24) is 14.3 Å². The molecular formula is C20H18ClFN4OS. The van der Waals surface area contributed by atoms with Gasteiger partial charge in [-0.25, -0.2) is 9.37 Å². The molecule has 1 aliphatic rings. The molecule has 1 aliphatic heterocycles. The summed E-state index contributed by atoms with van der Waals surface area (Å²) in [5.41, 5.74) is 1.62. The van der Waals surface area contributed by atoms with Gasteiger partial charge in [0, 0.05) is 54.7 Å². The summed E-state index contributed by atoms with van der Waals surface area (Å²) in [5.74, 6) is 0.499. The summed E-state index contributed by atoms with van der Waals surface area (Å²) in [6, 6.07) is 13.4. The molecule has 0 N–H and O–H groups in total. The van der Waals surface area contributed by atoms with E-state index in [4.69, 9.17) is 11.6 Å². The molecule has 2 aromatic carbocycles. The van der Waals surface area contributed by atoms with E-state index in [-0.39, 0.29) is 11.7 Å². The minimum Gasteiger partial charge on any atom is -0.343 e. The van der Waals surface area contributed by atoms with Crippen molar-refractivity contribution < 1.29 is 9.18 Å². The van der Waals surface area contributed by atoms with Gasteiger partial charge in [-0.05, 0) is 42.0 Å². The Kier molecular flexibility index (Phi) is 5.54. The Labute approximate surface area is 171 Å². The van der Waals surface area contributed by atoms with Gasteiger partial charge in [0.25, 0.3) is 5.91 Å². The highest BCUT2D eigenvalue weighted by Crippen LogP contribution is 2.21. The molecule has 0 unspecified atom stereocenters. The molecule has 1 saturated heterocycles. The highest BCUT2D eigenvalue weighted by atomic mass is 35.5. The van der Waals surface area contributed by atoms with Crippen LogP contribution >= 0.6 is 23.1 Å². The number of carbonyl (C=O) groups is 1. The standard InChI is InChI=1S/C20H18ClFN4OS/c21-16-5-3-15(4-6-16)19(27)25-9-11-26(12-10-25)20-23-18(24-28-20)13-14-1-7-17(22)8-2-14/h1-8H,9-13H2. The Morgan fingerprint density at radius 3 is 2.39 bits per heavy atom. The van der Waals surface area contributed by atoms with Gasteiger partial charge in [0.1, 0.15) is 11.6 Å². The van der Waals surface area contributed by atoms with E-state index in [0.29, 0.717) is 43.2 Å².